The Hall–Kier alpha value is -2.09. The summed E-state index contributed by atoms with van der Waals surface area (Å²) in [5, 5.41) is 6.61. The molecule has 2 nitrogen and oxygen atoms in total. The van der Waals surface area contributed by atoms with Crippen LogP contribution in [-0.2, 0) is 0 Å². The van der Waals surface area contributed by atoms with Crippen molar-refractivity contribution in [3.8, 4) is 0 Å². The van der Waals surface area contributed by atoms with Crippen molar-refractivity contribution >= 4 is 6.21 Å². The van der Waals surface area contributed by atoms with Crippen LogP contribution in [0, 0.1) is 0 Å². The third-order valence-electron chi connectivity index (χ3n) is 3.62. The van der Waals surface area contributed by atoms with Gasteiger partial charge in [-0.1, -0.05) is 54.6 Å². The molecule has 0 aliphatic carbocycles. The van der Waals surface area contributed by atoms with E-state index >= 15 is 0 Å². The maximum atomic E-state index is 4.41. The summed E-state index contributed by atoms with van der Waals surface area (Å²) in [5.41, 5.74) is 4.11. The van der Waals surface area contributed by atoms with E-state index in [1.807, 2.05) is 6.21 Å². The van der Waals surface area contributed by atoms with Gasteiger partial charge in [-0.05, 0) is 16.7 Å². The fourth-order valence-corrected chi connectivity index (χ4v) is 2.80. The van der Waals surface area contributed by atoms with Crippen LogP contribution in [0.2, 0.25) is 0 Å². The molecule has 0 radical (unpaired) electrons. The minimum Gasteiger partial charge on any atom is -0.272 e. The van der Waals surface area contributed by atoms with Crippen LogP contribution in [0.25, 0.3) is 0 Å². The molecule has 0 N–H and O–H groups in total. The van der Waals surface area contributed by atoms with Gasteiger partial charge in [-0.15, -0.1) is 0 Å². The summed E-state index contributed by atoms with van der Waals surface area (Å²) in [5.74, 6) is 0. The first-order valence-electron chi connectivity index (χ1n) is 5.91. The second kappa shape index (κ2) is 3.20. The van der Waals surface area contributed by atoms with Gasteiger partial charge in [0.1, 0.15) is 6.04 Å². The van der Waals surface area contributed by atoms with E-state index in [9.17, 15) is 0 Å². The maximum Gasteiger partial charge on any atom is 0.110 e. The van der Waals surface area contributed by atoms with E-state index in [0.717, 1.165) is 0 Å². The molecule has 2 aliphatic rings. The number of benzene rings is 2. The van der Waals surface area contributed by atoms with Gasteiger partial charge in [0.05, 0.1) is 12.3 Å². The van der Waals surface area contributed by atoms with Crippen LogP contribution >= 0.6 is 0 Å². The Morgan fingerprint density at radius 3 is 2.24 bits per heavy atom. The minimum absolute atomic E-state index is 0.294. The molecular formula is C15H12N2. The van der Waals surface area contributed by atoms with E-state index in [4.69, 9.17) is 0 Å². The second-order valence-corrected chi connectivity index (χ2v) is 4.53. The fraction of sp³-hybridized carbons (Fsp3) is 0.133. The van der Waals surface area contributed by atoms with Crippen molar-refractivity contribution in [3.63, 3.8) is 0 Å². The topological polar surface area (TPSA) is 15.6 Å². The fourth-order valence-electron chi connectivity index (χ4n) is 2.80. The molecule has 2 aromatic rings. The van der Waals surface area contributed by atoms with Gasteiger partial charge in [0.15, 0.2) is 0 Å². The van der Waals surface area contributed by atoms with Crippen LogP contribution in [0.1, 0.15) is 28.8 Å². The van der Waals surface area contributed by atoms with Crippen LogP contribution in [0.3, 0.4) is 0 Å². The Kier molecular flexibility index (Phi) is 1.69. The summed E-state index contributed by atoms with van der Waals surface area (Å²) in [6.45, 7) is 0. The van der Waals surface area contributed by atoms with Gasteiger partial charge in [0.25, 0.3) is 0 Å². The third kappa shape index (κ3) is 1.12. The van der Waals surface area contributed by atoms with Gasteiger partial charge in [-0.2, -0.15) is 5.10 Å². The first-order chi connectivity index (χ1) is 8.45. The zero-order valence-electron chi connectivity index (χ0n) is 9.32. The Morgan fingerprint density at radius 2 is 1.53 bits per heavy atom. The highest BCUT2D eigenvalue weighted by atomic mass is 15.5. The molecule has 82 valence electrons. The standard InChI is InChI=1S/C15H12N2/c1-2-6-11(7-3-1)15-13-9-5-4-8-12(13)14-10-16-17(14)15/h1-10,14-15H/t14-,15-/m1/s1. The largest absolute Gasteiger partial charge is 0.272 e. The van der Waals surface area contributed by atoms with E-state index in [0.29, 0.717) is 12.1 Å². The highest BCUT2D eigenvalue weighted by molar-refractivity contribution is 5.75. The number of hydrogen-bond donors (Lipinski definition) is 0. The molecule has 0 amide bonds. The Morgan fingerprint density at radius 1 is 0.824 bits per heavy atom. The predicted molar refractivity (Wildman–Crippen MR) is 67.8 cm³/mol. The van der Waals surface area contributed by atoms with Crippen molar-refractivity contribution in [1.82, 2.24) is 5.01 Å². The van der Waals surface area contributed by atoms with E-state index in [-0.39, 0.29) is 0 Å². The number of fused-ring (bicyclic) bond motifs is 3. The quantitative estimate of drug-likeness (QED) is 0.721. The molecule has 2 aromatic carbocycles. The summed E-state index contributed by atoms with van der Waals surface area (Å²) in [4.78, 5) is 0. The van der Waals surface area contributed by atoms with Gasteiger partial charge < -0.3 is 0 Å². The van der Waals surface area contributed by atoms with Crippen LogP contribution in [0.5, 0.6) is 0 Å². The zero-order chi connectivity index (χ0) is 11.2. The van der Waals surface area contributed by atoms with Crippen LogP contribution < -0.4 is 0 Å². The van der Waals surface area contributed by atoms with Crippen LogP contribution in [0.15, 0.2) is 59.7 Å². The monoisotopic (exact) mass is 220 g/mol. The van der Waals surface area contributed by atoms with Crippen molar-refractivity contribution in [1.29, 1.82) is 0 Å². The third-order valence-corrected chi connectivity index (χ3v) is 3.62. The highest BCUT2D eigenvalue weighted by Gasteiger charge is 2.41. The smallest absolute Gasteiger partial charge is 0.110 e. The molecule has 17 heavy (non-hydrogen) atoms. The first kappa shape index (κ1) is 8.99. The summed E-state index contributed by atoms with van der Waals surface area (Å²) < 4.78 is 0. The van der Waals surface area contributed by atoms with Crippen molar-refractivity contribution < 1.29 is 0 Å². The summed E-state index contributed by atoms with van der Waals surface area (Å²) in [6.07, 6.45) is 2.03. The molecule has 2 aliphatic heterocycles. The first-order valence-corrected chi connectivity index (χ1v) is 5.91. The summed E-state index contributed by atoms with van der Waals surface area (Å²) in [6, 6.07) is 19.9. The second-order valence-electron chi connectivity index (χ2n) is 4.53. The molecule has 0 spiro atoms. The Balaban J connectivity index is 1.90. The van der Waals surface area contributed by atoms with Gasteiger partial charge in [0, 0.05) is 0 Å². The van der Waals surface area contributed by atoms with Crippen LogP contribution in [-0.4, -0.2) is 11.2 Å². The Bertz CT molecular complexity index is 589. The lowest BCUT2D eigenvalue weighted by Gasteiger charge is -2.32. The molecule has 0 fully saturated rings. The van der Waals surface area contributed by atoms with E-state index in [1.54, 1.807) is 0 Å². The van der Waals surface area contributed by atoms with Gasteiger partial charge in [-0.25, -0.2) is 0 Å². The van der Waals surface area contributed by atoms with Gasteiger partial charge in [0.2, 0.25) is 0 Å². The molecule has 0 bridgehead atoms. The highest BCUT2D eigenvalue weighted by Crippen LogP contribution is 2.47. The molecule has 2 atom stereocenters. The number of rotatable bonds is 1. The van der Waals surface area contributed by atoms with Crippen molar-refractivity contribution in [2.45, 2.75) is 12.1 Å². The Labute approximate surface area is 100 Å². The van der Waals surface area contributed by atoms with Crippen molar-refractivity contribution in [3.05, 3.63) is 71.3 Å². The lowest BCUT2D eigenvalue weighted by atomic mass is 9.98. The van der Waals surface area contributed by atoms with Crippen LogP contribution in [0.4, 0.5) is 0 Å². The molecule has 0 aromatic heterocycles. The summed E-state index contributed by atoms with van der Waals surface area (Å²) >= 11 is 0. The van der Waals surface area contributed by atoms with E-state index < -0.39 is 0 Å². The van der Waals surface area contributed by atoms with Gasteiger partial charge in [-0.3, -0.25) is 5.01 Å². The molecule has 0 saturated heterocycles. The zero-order valence-corrected chi connectivity index (χ0v) is 9.32. The van der Waals surface area contributed by atoms with E-state index in [2.05, 4.69) is 64.7 Å². The minimum atomic E-state index is 0.294. The van der Waals surface area contributed by atoms with Gasteiger partial charge >= 0.3 is 0 Å². The number of nitrogens with zero attached hydrogens (tertiary/aromatic N) is 2. The number of hydrazone groups is 1. The SMILES string of the molecule is C1=NN2[C@H](c3ccccc3)c3ccccc3[C@@H]12. The lowest BCUT2D eigenvalue weighted by Crippen LogP contribution is -2.30. The molecular weight excluding hydrogens is 208 g/mol. The summed E-state index contributed by atoms with van der Waals surface area (Å²) in [7, 11) is 0. The normalized spacial score (nSPS) is 24.1. The molecule has 0 unspecified atom stereocenters. The molecule has 2 heteroatoms. The van der Waals surface area contributed by atoms with E-state index in [1.165, 1.54) is 16.7 Å². The van der Waals surface area contributed by atoms with Crippen molar-refractivity contribution in [2.24, 2.45) is 5.10 Å². The maximum absolute atomic E-state index is 4.41. The lowest BCUT2D eigenvalue weighted by molar-refractivity contribution is 0.204. The molecule has 4 rings (SSSR count). The average molecular weight is 220 g/mol. The predicted octanol–water partition coefficient (Wildman–Crippen LogP) is 3.13. The molecule has 2 heterocycles. The average Bonchev–Trinajstić information content (AvgIpc) is 2.58. The van der Waals surface area contributed by atoms with Crippen molar-refractivity contribution in [2.75, 3.05) is 0 Å². The molecule has 0 saturated carbocycles. The number of hydrogen-bond acceptors (Lipinski definition) is 2.